The summed E-state index contributed by atoms with van der Waals surface area (Å²) in [6.45, 7) is 1.04. The first-order chi connectivity index (χ1) is 5.24. The van der Waals surface area contributed by atoms with Crippen molar-refractivity contribution in [2.24, 2.45) is 11.7 Å². The largest absolute Gasteiger partial charge is 0.344 e. The van der Waals surface area contributed by atoms with Crippen molar-refractivity contribution in [1.82, 2.24) is 4.90 Å². The van der Waals surface area contributed by atoms with E-state index in [0.29, 0.717) is 0 Å². The molecule has 0 saturated heterocycles. The van der Waals surface area contributed by atoms with Crippen molar-refractivity contribution in [3.05, 3.63) is 0 Å². The van der Waals surface area contributed by atoms with Crippen molar-refractivity contribution in [1.29, 1.82) is 0 Å². The van der Waals surface area contributed by atoms with Gasteiger partial charge in [-0.2, -0.15) is 0 Å². The van der Waals surface area contributed by atoms with Crippen molar-refractivity contribution >= 4 is 5.91 Å². The average Bonchev–Trinajstić information content (AvgIpc) is 1.94. The Balaban J connectivity index is 2.18. The van der Waals surface area contributed by atoms with E-state index in [1.165, 1.54) is 19.3 Å². The van der Waals surface area contributed by atoms with Crippen LogP contribution >= 0.6 is 0 Å². The van der Waals surface area contributed by atoms with Crippen LogP contribution in [-0.4, -0.2) is 30.9 Å². The number of hydrogen-bond donors (Lipinski definition) is 1. The lowest BCUT2D eigenvalue weighted by Crippen LogP contribution is -2.37. The molecule has 0 atom stereocenters. The molecule has 2 N–H and O–H groups in total. The van der Waals surface area contributed by atoms with Gasteiger partial charge in [0.2, 0.25) is 5.91 Å². The molecule has 0 aromatic rings. The molecule has 1 fully saturated rings. The number of nitrogens with zero attached hydrogens (tertiary/aromatic N) is 1. The molecule has 11 heavy (non-hydrogen) atoms. The van der Waals surface area contributed by atoms with Crippen LogP contribution in [0.2, 0.25) is 0 Å². The summed E-state index contributed by atoms with van der Waals surface area (Å²) in [4.78, 5) is 12.7. The lowest BCUT2D eigenvalue weighted by atomic mass is 9.85. The number of carbonyl (C=O) groups excluding carboxylic acids is 1. The molecule has 0 radical (unpaired) electrons. The van der Waals surface area contributed by atoms with Gasteiger partial charge < -0.3 is 10.6 Å². The maximum absolute atomic E-state index is 11.0. The van der Waals surface area contributed by atoms with E-state index in [9.17, 15) is 4.79 Å². The fourth-order valence-electron chi connectivity index (χ4n) is 1.32. The van der Waals surface area contributed by atoms with Gasteiger partial charge in [0.25, 0.3) is 0 Å². The molecule has 1 aliphatic carbocycles. The normalized spacial score (nSPS) is 17.6. The third-order valence-corrected chi connectivity index (χ3v) is 2.36. The van der Waals surface area contributed by atoms with Gasteiger partial charge in [-0.1, -0.05) is 6.42 Å². The second kappa shape index (κ2) is 3.72. The minimum Gasteiger partial charge on any atom is -0.344 e. The zero-order chi connectivity index (χ0) is 8.27. The van der Waals surface area contributed by atoms with E-state index in [1.54, 1.807) is 4.90 Å². The Hall–Kier alpha value is -0.570. The van der Waals surface area contributed by atoms with Gasteiger partial charge in [-0.3, -0.25) is 4.79 Å². The number of amides is 1. The molecule has 0 bridgehead atoms. The van der Waals surface area contributed by atoms with Crippen LogP contribution in [-0.2, 0) is 4.79 Å². The SMILES string of the molecule is CN(CC1CCC1)C(=O)CN. The molecule has 64 valence electrons. The number of nitrogens with two attached hydrogens (primary N) is 1. The van der Waals surface area contributed by atoms with Crippen LogP contribution in [0.4, 0.5) is 0 Å². The van der Waals surface area contributed by atoms with Crippen LogP contribution in [0.25, 0.3) is 0 Å². The van der Waals surface area contributed by atoms with Crippen LogP contribution in [0, 0.1) is 5.92 Å². The summed E-state index contributed by atoms with van der Waals surface area (Å²) in [5.74, 6) is 0.799. The van der Waals surface area contributed by atoms with Crippen LogP contribution in [0.3, 0.4) is 0 Å². The lowest BCUT2D eigenvalue weighted by Gasteiger charge is -2.29. The van der Waals surface area contributed by atoms with Crippen molar-refractivity contribution in [2.45, 2.75) is 19.3 Å². The molecule has 0 unspecified atom stereocenters. The summed E-state index contributed by atoms with van der Waals surface area (Å²) in [6, 6.07) is 0. The number of rotatable bonds is 3. The van der Waals surface area contributed by atoms with Crippen LogP contribution in [0.5, 0.6) is 0 Å². The number of hydrogen-bond acceptors (Lipinski definition) is 2. The Morgan fingerprint density at radius 1 is 1.64 bits per heavy atom. The zero-order valence-electron chi connectivity index (χ0n) is 7.05. The Labute approximate surface area is 67.5 Å². The molecule has 1 amide bonds. The van der Waals surface area contributed by atoms with Crippen LogP contribution in [0.1, 0.15) is 19.3 Å². The van der Waals surface area contributed by atoms with Gasteiger partial charge in [0.15, 0.2) is 0 Å². The van der Waals surface area contributed by atoms with Crippen molar-refractivity contribution < 1.29 is 4.79 Å². The topological polar surface area (TPSA) is 46.3 Å². The third kappa shape index (κ3) is 2.19. The van der Waals surface area contributed by atoms with Gasteiger partial charge in [-0.15, -0.1) is 0 Å². The molecule has 0 heterocycles. The standard InChI is InChI=1S/C8H16N2O/c1-10(8(11)5-9)6-7-3-2-4-7/h7H,2-6,9H2,1H3. The molecule has 1 aliphatic rings. The second-order valence-corrected chi connectivity index (χ2v) is 3.28. The number of carbonyl (C=O) groups is 1. The predicted octanol–water partition coefficient (Wildman–Crippen LogP) is 0.204. The highest BCUT2D eigenvalue weighted by Gasteiger charge is 2.20. The third-order valence-electron chi connectivity index (χ3n) is 2.36. The van der Waals surface area contributed by atoms with Crippen molar-refractivity contribution in [3.63, 3.8) is 0 Å². The molecular formula is C8H16N2O. The predicted molar refractivity (Wildman–Crippen MR) is 44.0 cm³/mol. The van der Waals surface area contributed by atoms with E-state index in [4.69, 9.17) is 5.73 Å². The summed E-state index contributed by atoms with van der Waals surface area (Å²) in [5.41, 5.74) is 5.22. The summed E-state index contributed by atoms with van der Waals surface area (Å²) in [7, 11) is 1.83. The maximum atomic E-state index is 11.0. The van der Waals surface area contributed by atoms with E-state index in [-0.39, 0.29) is 12.5 Å². The lowest BCUT2D eigenvalue weighted by molar-refractivity contribution is -0.129. The molecule has 1 saturated carbocycles. The fourth-order valence-corrected chi connectivity index (χ4v) is 1.32. The minimum atomic E-state index is 0.0527. The molecule has 3 heteroatoms. The van der Waals surface area contributed by atoms with E-state index < -0.39 is 0 Å². The average molecular weight is 156 g/mol. The van der Waals surface area contributed by atoms with Gasteiger partial charge in [0.1, 0.15) is 0 Å². The summed E-state index contributed by atoms with van der Waals surface area (Å²) in [5, 5.41) is 0. The van der Waals surface area contributed by atoms with E-state index in [2.05, 4.69) is 0 Å². The Bertz CT molecular complexity index is 143. The molecule has 0 aromatic heterocycles. The highest BCUT2D eigenvalue weighted by molar-refractivity contribution is 5.77. The zero-order valence-corrected chi connectivity index (χ0v) is 7.05. The highest BCUT2D eigenvalue weighted by Crippen LogP contribution is 2.26. The van der Waals surface area contributed by atoms with Crippen molar-refractivity contribution in [3.8, 4) is 0 Å². The smallest absolute Gasteiger partial charge is 0.236 e. The summed E-state index contributed by atoms with van der Waals surface area (Å²) < 4.78 is 0. The molecule has 0 aromatic carbocycles. The van der Waals surface area contributed by atoms with E-state index >= 15 is 0 Å². The van der Waals surface area contributed by atoms with Gasteiger partial charge >= 0.3 is 0 Å². The van der Waals surface area contributed by atoms with E-state index in [0.717, 1.165) is 12.5 Å². The summed E-state index contributed by atoms with van der Waals surface area (Å²) >= 11 is 0. The maximum Gasteiger partial charge on any atom is 0.236 e. The quantitative estimate of drug-likeness (QED) is 0.634. The van der Waals surface area contributed by atoms with E-state index in [1.807, 2.05) is 7.05 Å². The molecule has 0 spiro atoms. The van der Waals surface area contributed by atoms with Crippen LogP contribution in [0.15, 0.2) is 0 Å². The van der Waals surface area contributed by atoms with Crippen molar-refractivity contribution in [2.75, 3.05) is 20.1 Å². The Morgan fingerprint density at radius 2 is 2.27 bits per heavy atom. The highest BCUT2D eigenvalue weighted by atomic mass is 16.2. The summed E-state index contributed by atoms with van der Waals surface area (Å²) in [6.07, 6.45) is 3.89. The first-order valence-electron chi connectivity index (χ1n) is 4.18. The Kier molecular flexibility index (Phi) is 2.88. The van der Waals surface area contributed by atoms with Gasteiger partial charge in [-0.25, -0.2) is 0 Å². The minimum absolute atomic E-state index is 0.0527. The Morgan fingerprint density at radius 3 is 2.64 bits per heavy atom. The second-order valence-electron chi connectivity index (χ2n) is 3.28. The molecular weight excluding hydrogens is 140 g/mol. The molecule has 3 nitrogen and oxygen atoms in total. The number of likely N-dealkylation sites (N-methyl/N-ethyl adjacent to an activating group) is 1. The van der Waals surface area contributed by atoms with Gasteiger partial charge in [0, 0.05) is 13.6 Å². The molecule has 1 rings (SSSR count). The van der Waals surface area contributed by atoms with Crippen LogP contribution < -0.4 is 5.73 Å². The molecule has 0 aliphatic heterocycles. The van der Waals surface area contributed by atoms with Gasteiger partial charge in [-0.05, 0) is 18.8 Å². The monoisotopic (exact) mass is 156 g/mol. The fraction of sp³-hybridized carbons (Fsp3) is 0.875. The first kappa shape index (κ1) is 8.53. The van der Waals surface area contributed by atoms with Gasteiger partial charge in [0.05, 0.1) is 6.54 Å². The first-order valence-corrected chi connectivity index (χ1v) is 4.18.